The maximum absolute atomic E-state index is 11.6. The van der Waals surface area contributed by atoms with Crippen LogP contribution in [-0.2, 0) is 28.5 Å². The van der Waals surface area contributed by atoms with Gasteiger partial charge in [0.1, 0.15) is 0 Å². The Bertz CT molecular complexity index is 614. The number of hydrogen-bond acceptors (Lipinski definition) is 6. The molecular formula is C19H31IO6S. The van der Waals surface area contributed by atoms with Gasteiger partial charge in [-0.15, -0.1) is 0 Å². The van der Waals surface area contributed by atoms with Crippen LogP contribution in [0.25, 0.3) is 0 Å². The van der Waals surface area contributed by atoms with Crippen LogP contribution in [0.4, 0.5) is 0 Å². The van der Waals surface area contributed by atoms with E-state index < -0.39 is 10.1 Å². The highest BCUT2D eigenvalue weighted by Crippen LogP contribution is 2.32. The molecule has 0 aromatic heterocycles. The van der Waals surface area contributed by atoms with E-state index >= 15 is 0 Å². The van der Waals surface area contributed by atoms with Crippen LogP contribution in [0, 0.1) is 5.92 Å². The van der Waals surface area contributed by atoms with E-state index in [0.29, 0.717) is 32.5 Å². The van der Waals surface area contributed by atoms with Gasteiger partial charge in [-0.05, 0) is 69.8 Å². The van der Waals surface area contributed by atoms with Crippen LogP contribution < -0.4 is 0 Å². The maximum atomic E-state index is 11.6. The zero-order valence-corrected chi connectivity index (χ0v) is 19.2. The first-order valence-electron chi connectivity index (χ1n) is 9.43. The summed E-state index contributed by atoms with van der Waals surface area (Å²) in [5, 5.41) is 0. The minimum Gasteiger partial charge on any atom is -0.370 e. The molecule has 2 fully saturated rings. The summed E-state index contributed by atoms with van der Waals surface area (Å²) in [5.74, 6) is 0.184. The summed E-state index contributed by atoms with van der Waals surface area (Å²) in [6.07, 6.45) is 5.12. The van der Waals surface area contributed by atoms with Crippen LogP contribution in [-0.4, -0.2) is 52.5 Å². The number of halogens is 1. The molecule has 6 nitrogen and oxygen atoms in total. The lowest BCUT2D eigenvalue weighted by Gasteiger charge is -2.22. The normalized spacial score (nSPS) is 26.4. The monoisotopic (exact) mass is 514 g/mol. The fourth-order valence-corrected chi connectivity index (χ4v) is 4.37. The molecule has 8 heteroatoms. The second-order valence-electron chi connectivity index (χ2n) is 7.44. The van der Waals surface area contributed by atoms with Crippen LogP contribution in [0.3, 0.4) is 0 Å². The van der Waals surface area contributed by atoms with Crippen molar-refractivity contribution in [1.82, 2.24) is 0 Å². The third kappa shape index (κ3) is 8.49. The van der Waals surface area contributed by atoms with Crippen LogP contribution in [0.5, 0.6) is 0 Å². The minimum atomic E-state index is -3.51. The Morgan fingerprint density at radius 3 is 2.56 bits per heavy atom. The Hall–Kier alpha value is -0.0000000000000000555. The second kappa shape index (κ2) is 10.7. The van der Waals surface area contributed by atoms with Gasteiger partial charge in [0.15, 0.2) is 6.29 Å². The van der Waals surface area contributed by atoms with Gasteiger partial charge in [-0.2, -0.15) is 8.42 Å². The van der Waals surface area contributed by atoms with Crippen molar-refractivity contribution in [2.45, 2.75) is 70.1 Å². The standard InChI is InChI=1S/C19H31IO6S/c1-13(15(3)20)11-17(26-27(4,21)22)5-7-18-14(2)12-16(25-18)6-8-19-23-9-10-24-19/h13,16-19H,2-3,5-12H2,1,4H3/t13-,16+,17-,18?/m1/s1. The first-order valence-corrected chi connectivity index (χ1v) is 12.3. The maximum Gasteiger partial charge on any atom is 0.264 e. The third-order valence-electron chi connectivity index (χ3n) is 4.93. The Balaban J connectivity index is 1.81. The predicted octanol–water partition coefficient (Wildman–Crippen LogP) is 3.95. The fraction of sp³-hybridized carbons (Fsp3) is 0.789. The molecule has 0 saturated carbocycles. The lowest BCUT2D eigenvalue weighted by Crippen LogP contribution is -2.23. The van der Waals surface area contributed by atoms with E-state index in [4.69, 9.17) is 18.4 Å². The van der Waals surface area contributed by atoms with Crippen LogP contribution in [0.1, 0.15) is 45.4 Å². The molecule has 0 aromatic rings. The molecule has 0 bridgehead atoms. The largest absolute Gasteiger partial charge is 0.370 e. The van der Waals surface area contributed by atoms with Gasteiger partial charge >= 0.3 is 0 Å². The topological polar surface area (TPSA) is 71.1 Å². The smallest absolute Gasteiger partial charge is 0.264 e. The molecular weight excluding hydrogens is 483 g/mol. The number of rotatable bonds is 11. The summed E-state index contributed by atoms with van der Waals surface area (Å²) in [7, 11) is -3.51. The Morgan fingerprint density at radius 2 is 1.96 bits per heavy atom. The van der Waals surface area contributed by atoms with Crippen LogP contribution >= 0.6 is 22.6 Å². The van der Waals surface area contributed by atoms with E-state index in [-0.39, 0.29) is 30.5 Å². The van der Waals surface area contributed by atoms with Gasteiger partial charge in [0, 0.05) is 6.42 Å². The van der Waals surface area contributed by atoms with Crippen LogP contribution in [0.2, 0.25) is 0 Å². The summed E-state index contributed by atoms with van der Waals surface area (Å²) < 4.78 is 46.6. The quantitative estimate of drug-likeness (QED) is 0.236. The molecule has 2 rings (SSSR count). The van der Waals surface area contributed by atoms with Crippen molar-refractivity contribution in [3.63, 3.8) is 0 Å². The summed E-state index contributed by atoms with van der Waals surface area (Å²) in [5.41, 5.74) is 1.07. The second-order valence-corrected chi connectivity index (χ2v) is 10.4. The molecule has 0 aromatic carbocycles. The van der Waals surface area contributed by atoms with Gasteiger partial charge < -0.3 is 14.2 Å². The van der Waals surface area contributed by atoms with E-state index in [1.807, 2.05) is 6.92 Å². The Labute approximate surface area is 176 Å². The molecule has 2 saturated heterocycles. The van der Waals surface area contributed by atoms with Gasteiger partial charge in [-0.3, -0.25) is 4.18 Å². The van der Waals surface area contributed by atoms with E-state index in [0.717, 1.165) is 34.7 Å². The van der Waals surface area contributed by atoms with Gasteiger partial charge in [-0.1, -0.05) is 20.1 Å². The minimum absolute atomic E-state index is 0.0517. The molecule has 0 spiro atoms. The van der Waals surface area contributed by atoms with Crippen molar-refractivity contribution in [3.05, 3.63) is 22.3 Å². The molecule has 0 N–H and O–H groups in total. The third-order valence-corrected chi connectivity index (χ3v) is 6.61. The molecule has 27 heavy (non-hydrogen) atoms. The Kier molecular flexibility index (Phi) is 9.21. The average molecular weight is 514 g/mol. The molecule has 156 valence electrons. The average Bonchev–Trinajstić information content (AvgIpc) is 3.18. The first kappa shape index (κ1) is 23.3. The zero-order valence-electron chi connectivity index (χ0n) is 16.2. The van der Waals surface area contributed by atoms with E-state index in [2.05, 4.69) is 35.7 Å². The van der Waals surface area contributed by atoms with Gasteiger partial charge in [0.25, 0.3) is 10.1 Å². The van der Waals surface area contributed by atoms with E-state index in [1.54, 1.807) is 0 Å². The fourth-order valence-electron chi connectivity index (χ4n) is 3.45. The van der Waals surface area contributed by atoms with Crippen LogP contribution in [0.15, 0.2) is 22.3 Å². The zero-order chi connectivity index (χ0) is 20.0. The number of ether oxygens (including phenoxy) is 3. The lowest BCUT2D eigenvalue weighted by atomic mass is 9.97. The van der Waals surface area contributed by atoms with Gasteiger partial charge in [0.2, 0.25) is 0 Å². The summed E-state index contributed by atoms with van der Waals surface area (Å²) >= 11 is 2.18. The van der Waals surface area contributed by atoms with Crippen molar-refractivity contribution in [3.8, 4) is 0 Å². The molecule has 0 radical (unpaired) electrons. The predicted molar refractivity (Wildman–Crippen MR) is 113 cm³/mol. The summed E-state index contributed by atoms with van der Waals surface area (Å²) in [4.78, 5) is 0. The summed E-state index contributed by atoms with van der Waals surface area (Å²) in [6.45, 7) is 11.4. The highest BCUT2D eigenvalue weighted by molar-refractivity contribution is 14.1. The summed E-state index contributed by atoms with van der Waals surface area (Å²) in [6, 6.07) is 0. The van der Waals surface area contributed by atoms with Crippen molar-refractivity contribution in [2.24, 2.45) is 5.92 Å². The molecule has 2 aliphatic rings. The highest BCUT2D eigenvalue weighted by Gasteiger charge is 2.31. The number of hydrogen-bond donors (Lipinski definition) is 0. The van der Waals surface area contributed by atoms with E-state index in [1.165, 1.54) is 0 Å². The van der Waals surface area contributed by atoms with Crippen molar-refractivity contribution < 1.29 is 26.8 Å². The van der Waals surface area contributed by atoms with E-state index in [9.17, 15) is 8.42 Å². The van der Waals surface area contributed by atoms with Crippen molar-refractivity contribution in [1.29, 1.82) is 0 Å². The SMILES string of the molecule is C=C1C[C@H](CCC2OCCO2)OC1CC[C@H](C[C@@H](C)C(=C)I)OS(C)(=O)=O. The first-order chi connectivity index (χ1) is 12.6. The van der Waals surface area contributed by atoms with Gasteiger partial charge in [-0.25, -0.2) is 0 Å². The molecule has 4 atom stereocenters. The highest BCUT2D eigenvalue weighted by atomic mass is 127. The molecule has 1 unspecified atom stereocenters. The van der Waals surface area contributed by atoms with Crippen molar-refractivity contribution >= 4 is 32.7 Å². The number of allylic oxidation sites excluding steroid dienone is 1. The molecule has 0 amide bonds. The van der Waals surface area contributed by atoms with Crippen molar-refractivity contribution in [2.75, 3.05) is 19.5 Å². The molecule has 2 heterocycles. The Morgan fingerprint density at radius 1 is 1.30 bits per heavy atom. The molecule has 2 aliphatic heterocycles. The molecule has 0 aliphatic carbocycles. The lowest BCUT2D eigenvalue weighted by molar-refractivity contribution is -0.0588. The van der Waals surface area contributed by atoms with Gasteiger partial charge in [0.05, 0.1) is 37.8 Å².